The van der Waals surface area contributed by atoms with Crippen LogP contribution >= 0.6 is 0 Å². The second kappa shape index (κ2) is 4.33. The Bertz CT molecular complexity index is 479. The van der Waals surface area contributed by atoms with Gasteiger partial charge in [-0.15, -0.1) is 0 Å². The van der Waals surface area contributed by atoms with E-state index in [1.54, 1.807) is 0 Å². The van der Waals surface area contributed by atoms with Crippen LogP contribution in [0.3, 0.4) is 0 Å². The van der Waals surface area contributed by atoms with Gasteiger partial charge in [-0.3, -0.25) is 0 Å². The molecule has 0 radical (unpaired) electrons. The highest BCUT2D eigenvalue weighted by Gasteiger charge is 2.53. The lowest BCUT2D eigenvalue weighted by Crippen LogP contribution is -2.49. The molecule has 0 aliphatic heterocycles. The Morgan fingerprint density at radius 2 is 1.75 bits per heavy atom. The van der Waals surface area contributed by atoms with E-state index < -0.39 is 0 Å². The Hall–Kier alpha value is -0.830. The molecule has 1 heterocycles. The van der Waals surface area contributed by atoms with Crippen LogP contribution in [0.2, 0.25) is 0 Å². The van der Waals surface area contributed by atoms with E-state index in [2.05, 4.69) is 29.6 Å². The Kier molecular flexibility index (Phi) is 2.79. The third-order valence-corrected chi connectivity index (χ3v) is 6.15. The van der Waals surface area contributed by atoms with Crippen LogP contribution in [-0.4, -0.2) is 9.55 Å². The third kappa shape index (κ3) is 1.71. The lowest BCUT2D eigenvalue weighted by molar-refractivity contribution is -0.00930. The Morgan fingerprint density at radius 1 is 1.20 bits per heavy atom. The first-order valence-electron chi connectivity index (χ1n) is 8.38. The average molecular weight is 273 g/mol. The van der Waals surface area contributed by atoms with E-state index in [-0.39, 0.29) is 0 Å². The van der Waals surface area contributed by atoms with Gasteiger partial charge in [-0.2, -0.15) is 0 Å². The summed E-state index contributed by atoms with van der Waals surface area (Å²) in [6.07, 6.45) is 10.9. The van der Waals surface area contributed by atoms with Gasteiger partial charge in [0.15, 0.2) is 0 Å². The Morgan fingerprint density at radius 3 is 2.20 bits per heavy atom. The number of aromatic nitrogens is 2. The quantitative estimate of drug-likeness (QED) is 0.917. The van der Waals surface area contributed by atoms with Crippen molar-refractivity contribution < 1.29 is 0 Å². The van der Waals surface area contributed by atoms with Crippen LogP contribution in [0.1, 0.15) is 69.9 Å². The molecule has 5 rings (SSSR count). The van der Waals surface area contributed by atoms with Gasteiger partial charge in [-0.25, -0.2) is 4.98 Å². The number of hydrogen-bond acceptors (Lipinski definition) is 2. The lowest BCUT2D eigenvalue weighted by atomic mass is 9.49. The zero-order valence-electron chi connectivity index (χ0n) is 12.8. The van der Waals surface area contributed by atoms with Crippen molar-refractivity contribution in [2.24, 2.45) is 23.5 Å². The average Bonchev–Trinajstić information content (AvgIpc) is 2.81. The molecule has 1 aromatic rings. The van der Waals surface area contributed by atoms with Gasteiger partial charge in [0.05, 0.1) is 6.54 Å². The molecule has 0 aromatic carbocycles. The largest absolute Gasteiger partial charge is 0.328 e. The second-order valence-corrected chi connectivity index (χ2v) is 7.93. The van der Waals surface area contributed by atoms with Crippen LogP contribution in [0.5, 0.6) is 0 Å². The lowest BCUT2D eigenvalue weighted by Gasteiger charge is -2.57. The first kappa shape index (κ1) is 12.9. The molecule has 3 heteroatoms. The highest BCUT2D eigenvalue weighted by atomic mass is 15.1. The smallest absolute Gasteiger partial charge is 0.122 e. The van der Waals surface area contributed by atoms with Gasteiger partial charge < -0.3 is 10.3 Å². The maximum absolute atomic E-state index is 5.91. The molecule has 0 spiro atoms. The van der Waals surface area contributed by atoms with Crippen molar-refractivity contribution in [2.45, 2.75) is 70.4 Å². The van der Waals surface area contributed by atoms with E-state index in [0.717, 1.165) is 23.6 Å². The van der Waals surface area contributed by atoms with Crippen molar-refractivity contribution >= 4 is 0 Å². The molecule has 0 unspecified atom stereocenters. The van der Waals surface area contributed by atoms with E-state index in [0.29, 0.717) is 18.0 Å². The van der Waals surface area contributed by atoms with Crippen LogP contribution in [0.4, 0.5) is 0 Å². The van der Waals surface area contributed by atoms with Gasteiger partial charge in [0.1, 0.15) is 5.82 Å². The van der Waals surface area contributed by atoms with Crippen molar-refractivity contribution in [1.29, 1.82) is 0 Å². The molecule has 4 aliphatic carbocycles. The predicted octanol–water partition coefficient (Wildman–Crippen LogP) is 3.39. The minimum Gasteiger partial charge on any atom is -0.328 e. The molecule has 0 amide bonds. The molecule has 0 atom stereocenters. The standard InChI is InChI=1S/C17H27N3/c1-11(2)20-15(10-19-16(20)9-18)17-6-12-3-13(7-17)5-14(4-12)8-17/h10-14H,3-9,18H2,1-2H3. The van der Waals surface area contributed by atoms with Crippen LogP contribution < -0.4 is 5.73 Å². The Labute approximate surface area is 122 Å². The minimum atomic E-state index is 0.430. The molecule has 4 bridgehead atoms. The summed E-state index contributed by atoms with van der Waals surface area (Å²) in [6.45, 7) is 5.10. The van der Waals surface area contributed by atoms with Gasteiger partial charge >= 0.3 is 0 Å². The van der Waals surface area contributed by atoms with Gasteiger partial charge in [-0.05, 0) is 70.1 Å². The van der Waals surface area contributed by atoms with Gasteiger partial charge in [0, 0.05) is 23.3 Å². The number of hydrogen-bond donors (Lipinski definition) is 1. The molecule has 4 fully saturated rings. The summed E-state index contributed by atoms with van der Waals surface area (Å²) in [5.74, 6) is 4.03. The fourth-order valence-corrected chi connectivity index (χ4v) is 5.94. The zero-order valence-corrected chi connectivity index (χ0v) is 12.8. The van der Waals surface area contributed by atoms with Crippen LogP contribution in [0.25, 0.3) is 0 Å². The second-order valence-electron chi connectivity index (χ2n) is 7.93. The third-order valence-electron chi connectivity index (χ3n) is 6.15. The molecule has 2 N–H and O–H groups in total. The number of rotatable bonds is 3. The molecule has 4 saturated carbocycles. The summed E-state index contributed by atoms with van der Waals surface area (Å²) in [7, 11) is 0. The van der Waals surface area contributed by atoms with E-state index in [1.165, 1.54) is 44.2 Å². The van der Waals surface area contributed by atoms with Gasteiger partial charge in [-0.1, -0.05) is 0 Å². The van der Waals surface area contributed by atoms with Crippen LogP contribution in [0.15, 0.2) is 6.20 Å². The maximum atomic E-state index is 5.91. The molecule has 3 nitrogen and oxygen atoms in total. The van der Waals surface area contributed by atoms with Crippen LogP contribution in [0, 0.1) is 17.8 Å². The molecule has 20 heavy (non-hydrogen) atoms. The van der Waals surface area contributed by atoms with Gasteiger partial charge in [0.2, 0.25) is 0 Å². The van der Waals surface area contributed by atoms with E-state index in [4.69, 9.17) is 5.73 Å². The van der Waals surface area contributed by atoms with Crippen molar-refractivity contribution in [1.82, 2.24) is 9.55 Å². The normalized spacial score (nSPS) is 38.9. The topological polar surface area (TPSA) is 43.8 Å². The molecular weight excluding hydrogens is 246 g/mol. The van der Waals surface area contributed by atoms with E-state index in [9.17, 15) is 0 Å². The predicted molar refractivity (Wildman–Crippen MR) is 80.4 cm³/mol. The molecule has 0 saturated heterocycles. The summed E-state index contributed by atoms with van der Waals surface area (Å²) in [5.41, 5.74) is 7.85. The summed E-state index contributed by atoms with van der Waals surface area (Å²) in [5, 5.41) is 0. The van der Waals surface area contributed by atoms with Crippen molar-refractivity contribution in [3.63, 3.8) is 0 Å². The van der Waals surface area contributed by atoms with Crippen molar-refractivity contribution in [3.05, 3.63) is 17.7 Å². The molecule has 110 valence electrons. The molecule has 4 aliphatic rings. The molecule has 1 aromatic heterocycles. The number of imidazole rings is 1. The summed E-state index contributed by atoms with van der Waals surface area (Å²) in [6, 6.07) is 0.471. The number of nitrogens with two attached hydrogens (primary N) is 1. The fourth-order valence-electron chi connectivity index (χ4n) is 5.94. The van der Waals surface area contributed by atoms with Crippen molar-refractivity contribution in [2.75, 3.05) is 0 Å². The molecular formula is C17H27N3. The number of nitrogens with zero attached hydrogens (tertiary/aromatic N) is 2. The Balaban J connectivity index is 1.79. The summed E-state index contributed by atoms with van der Waals surface area (Å²) < 4.78 is 2.45. The van der Waals surface area contributed by atoms with E-state index in [1.807, 2.05) is 0 Å². The van der Waals surface area contributed by atoms with Crippen LogP contribution in [-0.2, 0) is 12.0 Å². The first-order chi connectivity index (χ1) is 9.61. The van der Waals surface area contributed by atoms with E-state index >= 15 is 0 Å². The summed E-state index contributed by atoms with van der Waals surface area (Å²) >= 11 is 0. The highest BCUT2D eigenvalue weighted by Crippen LogP contribution is 2.60. The first-order valence-corrected chi connectivity index (χ1v) is 8.38. The minimum absolute atomic E-state index is 0.430. The zero-order chi connectivity index (χ0) is 13.9. The fraction of sp³-hybridized carbons (Fsp3) is 0.824. The highest BCUT2D eigenvalue weighted by molar-refractivity contribution is 5.24. The van der Waals surface area contributed by atoms with Gasteiger partial charge in [0.25, 0.3) is 0 Å². The monoisotopic (exact) mass is 273 g/mol. The SMILES string of the molecule is CC(C)n1c(C23CC4CC(CC(C4)C2)C3)cnc1CN. The summed E-state index contributed by atoms with van der Waals surface area (Å²) in [4.78, 5) is 4.65. The van der Waals surface area contributed by atoms with Crippen molar-refractivity contribution in [3.8, 4) is 0 Å². The maximum Gasteiger partial charge on any atom is 0.122 e.